The molecule has 0 unspecified atom stereocenters. The number of carbonyl (C=O) groups is 3. The molecule has 3 aliphatic rings. The minimum Gasteiger partial charge on any atom is -0.493 e. The number of rotatable bonds is 8. The maximum Gasteiger partial charge on any atom is 0.338 e. The van der Waals surface area contributed by atoms with Gasteiger partial charge < -0.3 is 49.7 Å². The molecule has 13 heteroatoms. The van der Waals surface area contributed by atoms with Crippen LogP contribution in [0.15, 0.2) is 54.6 Å². The zero-order chi connectivity index (χ0) is 31.5. The van der Waals surface area contributed by atoms with Crippen molar-refractivity contribution in [1.82, 2.24) is 4.90 Å². The average molecular weight is 602 g/mol. The van der Waals surface area contributed by atoms with E-state index in [0.29, 0.717) is 12.0 Å². The van der Waals surface area contributed by atoms with Gasteiger partial charge in [0.05, 0.1) is 18.1 Å². The number of esters is 1. The first-order chi connectivity index (χ1) is 20.4. The van der Waals surface area contributed by atoms with E-state index >= 15 is 0 Å². The van der Waals surface area contributed by atoms with E-state index in [1.54, 1.807) is 19.2 Å². The molecule has 1 aliphatic carbocycles. The van der Waals surface area contributed by atoms with Crippen LogP contribution in [0.3, 0.4) is 0 Å². The highest BCUT2D eigenvalue weighted by atomic mass is 16.6. The normalized spacial score (nSPS) is 24.8. The lowest BCUT2D eigenvalue weighted by Gasteiger charge is -2.36. The van der Waals surface area contributed by atoms with E-state index in [1.807, 2.05) is 30.3 Å². The fourth-order valence-electron chi connectivity index (χ4n) is 5.60. The Kier molecular flexibility index (Phi) is 9.72. The third-order valence-electron chi connectivity index (χ3n) is 7.90. The monoisotopic (exact) mass is 601 g/mol. The van der Waals surface area contributed by atoms with E-state index in [0.717, 1.165) is 31.0 Å². The number of carbonyl (C=O) groups excluding carboxylic acids is 1. The summed E-state index contributed by atoms with van der Waals surface area (Å²) in [5.74, 6) is -2.35. The summed E-state index contributed by atoms with van der Waals surface area (Å²) in [5.41, 5.74) is 2.90. The van der Waals surface area contributed by atoms with Gasteiger partial charge in [-0.25, -0.2) is 14.4 Å². The number of carboxylic acid groups (broad SMARTS) is 2. The molecule has 0 amide bonds. The van der Waals surface area contributed by atoms with E-state index in [4.69, 9.17) is 44.8 Å². The fraction of sp³-hybridized carbons (Fsp3) is 0.433. The van der Waals surface area contributed by atoms with Crippen LogP contribution in [0.4, 0.5) is 0 Å². The number of ether oxygens (including phenoxy) is 3. The van der Waals surface area contributed by atoms with E-state index in [-0.39, 0.29) is 23.6 Å². The molecule has 2 aliphatic heterocycles. The van der Waals surface area contributed by atoms with Gasteiger partial charge in [0, 0.05) is 18.5 Å². The zero-order valence-corrected chi connectivity index (χ0v) is 23.6. The van der Waals surface area contributed by atoms with Gasteiger partial charge in [0.2, 0.25) is 0 Å². The SMILES string of the molecule is COc1ccc2c3c1O[C@H]1C[C@@H](OC(=O)c4ccccc4)C=C[C@@]31CCN(C)C2.O=C(O)[C@@H](O)[C@@H](O)[C@H](O)[C@@H](O)C(=O)O. The van der Waals surface area contributed by atoms with E-state index in [1.165, 1.54) is 11.1 Å². The first-order valence-corrected chi connectivity index (χ1v) is 13.6. The van der Waals surface area contributed by atoms with E-state index < -0.39 is 36.4 Å². The first-order valence-electron chi connectivity index (χ1n) is 13.6. The summed E-state index contributed by atoms with van der Waals surface area (Å²) in [5, 5.41) is 51.5. The summed E-state index contributed by atoms with van der Waals surface area (Å²) in [6.45, 7) is 1.87. The van der Waals surface area contributed by atoms with Crippen LogP contribution >= 0.6 is 0 Å². The lowest BCUT2D eigenvalue weighted by Crippen LogP contribution is -2.49. The largest absolute Gasteiger partial charge is 0.493 e. The maximum absolute atomic E-state index is 12.5. The van der Waals surface area contributed by atoms with Crippen molar-refractivity contribution in [3.05, 3.63) is 71.3 Å². The molecule has 0 fully saturated rings. The number of aliphatic carboxylic acids is 2. The fourth-order valence-corrected chi connectivity index (χ4v) is 5.60. The van der Waals surface area contributed by atoms with Crippen molar-refractivity contribution < 1.29 is 59.2 Å². The Balaban J connectivity index is 0.000000258. The van der Waals surface area contributed by atoms with Crippen LogP contribution in [0.1, 0.15) is 34.3 Å². The highest BCUT2D eigenvalue weighted by Crippen LogP contribution is 2.55. The summed E-state index contributed by atoms with van der Waals surface area (Å²) in [7, 11) is 3.83. The Morgan fingerprint density at radius 1 is 0.977 bits per heavy atom. The van der Waals surface area contributed by atoms with Gasteiger partial charge in [-0.1, -0.05) is 30.3 Å². The predicted molar refractivity (Wildman–Crippen MR) is 149 cm³/mol. The number of nitrogens with zero attached hydrogens (tertiary/aromatic N) is 1. The first kappa shape index (κ1) is 31.9. The van der Waals surface area contributed by atoms with Crippen LogP contribution < -0.4 is 9.47 Å². The summed E-state index contributed by atoms with van der Waals surface area (Å²) >= 11 is 0. The molecular formula is C30H35NO12. The zero-order valence-electron chi connectivity index (χ0n) is 23.6. The highest BCUT2D eigenvalue weighted by Gasteiger charge is 2.53. The van der Waals surface area contributed by atoms with Crippen molar-refractivity contribution in [2.75, 3.05) is 20.7 Å². The smallest absolute Gasteiger partial charge is 0.338 e. The van der Waals surface area contributed by atoms with Crippen LogP contribution in [0, 0.1) is 0 Å². The van der Waals surface area contributed by atoms with Gasteiger partial charge in [0.1, 0.15) is 24.4 Å². The second-order valence-corrected chi connectivity index (χ2v) is 10.7. The van der Waals surface area contributed by atoms with Gasteiger partial charge in [-0.3, -0.25) is 0 Å². The van der Waals surface area contributed by atoms with Crippen molar-refractivity contribution in [3.8, 4) is 11.5 Å². The average Bonchev–Trinajstić information content (AvgIpc) is 3.26. The number of aliphatic hydroxyl groups is 4. The van der Waals surface area contributed by atoms with Gasteiger partial charge >= 0.3 is 17.9 Å². The Morgan fingerprint density at radius 2 is 1.60 bits per heavy atom. The van der Waals surface area contributed by atoms with Crippen molar-refractivity contribution in [1.29, 1.82) is 0 Å². The molecule has 6 N–H and O–H groups in total. The molecule has 2 aromatic rings. The molecule has 0 saturated heterocycles. The Bertz CT molecular complexity index is 1340. The predicted octanol–water partition coefficient (Wildman–Crippen LogP) is 0.314. The summed E-state index contributed by atoms with van der Waals surface area (Å²) < 4.78 is 17.9. The minimum absolute atomic E-state index is 0.0716. The number of methoxy groups -OCH3 is 1. The standard InChI is InChI=1S/C24H25NO4.C6H10O8/c1-25-13-12-24-11-10-18(28-23(26)16-6-4-3-5-7-16)14-20(24)29-22-19(27-2)9-8-17(15-25)21(22)24;7-1(3(9)5(11)12)2(8)4(10)6(13)14/h3-11,18,20H,12-15H2,1-2H3;1-4,7-10H,(H,11,12)(H,13,14)/t18-,20-,24-;1-,2-,3-,4+/m00/s1. The molecule has 13 nitrogen and oxygen atoms in total. The van der Waals surface area contributed by atoms with Crippen molar-refractivity contribution >= 4 is 17.9 Å². The number of carboxylic acids is 2. The van der Waals surface area contributed by atoms with Gasteiger partial charge in [0.25, 0.3) is 0 Å². The van der Waals surface area contributed by atoms with E-state index in [9.17, 15) is 14.4 Å². The summed E-state index contributed by atoms with van der Waals surface area (Å²) in [6.07, 6.45) is -3.79. The molecule has 0 bridgehead atoms. The number of benzene rings is 2. The number of aliphatic hydroxyl groups excluding tert-OH is 4. The maximum atomic E-state index is 12.5. The molecule has 43 heavy (non-hydrogen) atoms. The molecular weight excluding hydrogens is 566 g/mol. The van der Waals surface area contributed by atoms with Crippen LogP contribution in [-0.2, 0) is 26.3 Å². The van der Waals surface area contributed by atoms with Crippen LogP contribution in [-0.4, -0.2) is 111 Å². The van der Waals surface area contributed by atoms with Crippen molar-refractivity contribution in [2.24, 2.45) is 0 Å². The van der Waals surface area contributed by atoms with Gasteiger partial charge in [-0.2, -0.15) is 0 Å². The van der Waals surface area contributed by atoms with E-state index in [2.05, 4.69) is 24.1 Å². The molecule has 0 aromatic heterocycles. The number of hydrogen-bond donors (Lipinski definition) is 6. The molecule has 1 spiro atoms. The highest BCUT2D eigenvalue weighted by molar-refractivity contribution is 5.89. The van der Waals surface area contributed by atoms with Gasteiger partial charge in [0.15, 0.2) is 23.7 Å². The van der Waals surface area contributed by atoms with Gasteiger partial charge in [-0.15, -0.1) is 0 Å². The molecule has 0 radical (unpaired) electrons. The quantitative estimate of drug-likeness (QED) is 0.178. The molecule has 0 saturated carbocycles. The lowest BCUT2D eigenvalue weighted by molar-refractivity contribution is -0.172. The van der Waals surface area contributed by atoms with Crippen molar-refractivity contribution in [3.63, 3.8) is 0 Å². The second-order valence-electron chi connectivity index (χ2n) is 10.7. The van der Waals surface area contributed by atoms with Crippen LogP contribution in [0.25, 0.3) is 0 Å². The Labute approximate surface area is 247 Å². The molecule has 2 heterocycles. The third kappa shape index (κ3) is 6.50. The third-order valence-corrected chi connectivity index (χ3v) is 7.90. The van der Waals surface area contributed by atoms with Crippen LogP contribution in [0.5, 0.6) is 11.5 Å². The topological polar surface area (TPSA) is 204 Å². The minimum atomic E-state index is -2.36. The molecule has 7 atom stereocenters. The second kappa shape index (κ2) is 13.1. The summed E-state index contributed by atoms with van der Waals surface area (Å²) in [6, 6.07) is 13.3. The van der Waals surface area contributed by atoms with Crippen molar-refractivity contribution in [2.45, 2.75) is 61.4 Å². The summed E-state index contributed by atoms with van der Waals surface area (Å²) in [4.78, 5) is 35.0. The molecule has 5 rings (SSSR count). The van der Waals surface area contributed by atoms with Crippen LogP contribution in [0.2, 0.25) is 0 Å². The molecule has 2 aromatic carbocycles. The Morgan fingerprint density at radius 3 is 2.19 bits per heavy atom. The molecule has 232 valence electrons. The lowest BCUT2D eigenvalue weighted by atomic mass is 9.69. The van der Waals surface area contributed by atoms with Gasteiger partial charge in [-0.05, 0) is 49.9 Å². The number of hydrogen-bond acceptors (Lipinski definition) is 11. The Hall–Kier alpha value is -4.01.